The molecule has 2 aromatic rings. The Morgan fingerprint density at radius 3 is 2.56 bits per heavy atom. The van der Waals surface area contributed by atoms with Gasteiger partial charge in [0.05, 0.1) is 11.9 Å². The summed E-state index contributed by atoms with van der Waals surface area (Å²) in [5, 5.41) is 7.54. The molecule has 2 aromatic heterocycles. The number of aliphatic imine (C=N–C) groups is 1. The normalized spacial score (nSPS) is 18.0. The maximum absolute atomic E-state index is 12.7. The molecule has 1 amide bonds. The van der Waals surface area contributed by atoms with E-state index in [1.807, 2.05) is 24.3 Å². The zero-order chi connectivity index (χ0) is 21.8. The third-order valence-electron chi connectivity index (χ3n) is 6.10. The van der Waals surface area contributed by atoms with Gasteiger partial charge in [-0.1, -0.05) is 13.0 Å². The number of piperazine rings is 1. The molecule has 2 aliphatic heterocycles. The standard InChI is InChI=1S/C22H32N8O.HI/c1-17-6-8-28(9-7-17)20-5-4-18(12-24-20)13-25-22(23-2)29-10-11-30(21(31)16-29)19-14-26-27(3)15-19;/h4-5,12,14-15,17H,6-11,13,16H2,1-3H3,(H,23,25);1H. The van der Waals surface area contributed by atoms with Gasteiger partial charge in [0.25, 0.3) is 0 Å². The van der Waals surface area contributed by atoms with Crippen LogP contribution >= 0.6 is 24.0 Å². The van der Waals surface area contributed by atoms with Gasteiger partial charge in [0.15, 0.2) is 5.96 Å². The molecule has 32 heavy (non-hydrogen) atoms. The van der Waals surface area contributed by atoms with E-state index in [0.29, 0.717) is 26.2 Å². The first-order valence-corrected chi connectivity index (χ1v) is 11.0. The predicted molar refractivity (Wildman–Crippen MR) is 138 cm³/mol. The molecule has 174 valence electrons. The van der Waals surface area contributed by atoms with E-state index in [0.717, 1.165) is 42.0 Å². The number of aryl methyl sites for hydroxylation is 1. The Labute approximate surface area is 206 Å². The first-order valence-electron chi connectivity index (χ1n) is 11.0. The second kappa shape index (κ2) is 11.0. The summed E-state index contributed by atoms with van der Waals surface area (Å²) in [6.07, 6.45) is 7.98. The van der Waals surface area contributed by atoms with E-state index in [1.165, 1.54) is 12.8 Å². The molecule has 4 rings (SSSR count). The molecular weight excluding hydrogens is 519 g/mol. The molecule has 1 N–H and O–H groups in total. The third kappa shape index (κ3) is 5.70. The van der Waals surface area contributed by atoms with Crippen LogP contribution in [0.3, 0.4) is 0 Å². The summed E-state index contributed by atoms with van der Waals surface area (Å²) in [5.74, 6) is 2.64. The van der Waals surface area contributed by atoms with E-state index < -0.39 is 0 Å². The van der Waals surface area contributed by atoms with Gasteiger partial charge in [-0.25, -0.2) is 4.98 Å². The van der Waals surface area contributed by atoms with Gasteiger partial charge in [0, 0.05) is 59.2 Å². The molecule has 0 unspecified atom stereocenters. The molecule has 2 aliphatic rings. The number of anilines is 2. The van der Waals surface area contributed by atoms with Gasteiger partial charge >= 0.3 is 0 Å². The Bertz CT molecular complexity index is 920. The molecule has 2 saturated heterocycles. The zero-order valence-electron chi connectivity index (χ0n) is 19.1. The van der Waals surface area contributed by atoms with Crippen LogP contribution < -0.4 is 15.1 Å². The molecule has 0 radical (unpaired) electrons. The van der Waals surface area contributed by atoms with E-state index >= 15 is 0 Å². The minimum absolute atomic E-state index is 0. The maximum Gasteiger partial charge on any atom is 0.246 e. The van der Waals surface area contributed by atoms with Crippen molar-refractivity contribution < 1.29 is 4.79 Å². The lowest BCUT2D eigenvalue weighted by atomic mass is 9.99. The Morgan fingerprint density at radius 1 is 1.19 bits per heavy atom. The number of amides is 1. The van der Waals surface area contributed by atoms with Gasteiger partial charge in [0.2, 0.25) is 5.91 Å². The molecule has 4 heterocycles. The summed E-state index contributed by atoms with van der Waals surface area (Å²) in [6, 6.07) is 4.22. The first-order chi connectivity index (χ1) is 15.0. The second-order valence-corrected chi connectivity index (χ2v) is 8.43. The average Bonchev–Trinajstić information content (AvgIpc) is 3.21. The van der Waals surface area contributed by atoms with Crippen LogP contribution in [0.25, 0.3) is 0 Å². The van der Waals surface area contributed by atoms with Crippen LogP contribution in [0.1, 0.15) is 25.3 Å². The van der Waals surface area contributed by atoms with E-state index in [1.54, 1.807) is 22.8 Å². The highest BCUT2D eigenvalue weighted by molar-refractivity contribution is 14.0. The fourth-order valence-corrected chi connectivity index (χ4v) is 4.13. The smallest absolute Gasteiger partial charge is 0.246 e. The van der Waals surface area contributed by atoms with Crippen molar-refractivity contribution >= 4 is 47.3 Å². The minimum Gasteiger partial charge on any atom is -0.357 e. The van der Waals surface area contributed by atoms with Gasteiger partial charge in [-0.15, -0.1) is 24.0 Å². The van der Waals surface area contributed by atoms with Gasteiger partial charge in [-0.2, -0.15) is 5.10 Å². The summed E-state index contributed by atoms with van der Waals surface area (Å²) in [7, 11) is 3.60. The van der Waals surface area contributed by atoms with Crippen molar-refractivity contribution in [2.75, 3.05) is 49.6 Å². The van der Waals surface area contributed by atoms with Crippen LogP contribution in [0.2, 0.25) is 0 Å². The van der Waals surface area contributed by atoms with Crippen molar-refractivity contribution in [1.82, 2.24) is 25.0 Å². The number of carbonyl (C=O) groups is 1. The summed E-state index contributed by atoms with van der Waals surface area (Å²) in [5.41, 5.74) is 1.93. The molecule has 0 bridgehead atoms. The molecule has 2 fully saturated rings. The fraction of sp³-hybridized carbons (Fsp3) is 0.545. The van der Waals surface area contributed by atoms with Crippen LogP contribution in [0.5, 0.6) is 0 Å². The van der Waals surface area contributed by atoms with Crippen molar-refractivity contribution in [1.29, 1.82) is 0 Å². The lowest BCUT2D eigenvalue weighted by Gasteiger charge is -2.35. The number of halogens is 1. The number of nitrogens with one attached hydrogen (secondary N) is 1. The summed E-state index contributed by atoms with van der Waals surface area (Å²) >= 11 is 0. The third-order valence-corrected chi connectivity index (χ3v) is 6.10. The van der Waals surface area contributed by atoms with Gasteiger partial charge in [-0.05, 0) is 30.4 Å². The highest BCUT2D eigenvalue weighted by Gasteiger charge is 2.27. The first kappa shape index (κ1) is 24.3. The molecule has 0 aliphatic carbocycles. The second-order valence-electron chi connectivity index (χ2n) is 8.43. The van der Waals surface area contributed by atoms with Crippen LogP contribution in [0.4, 0.5) is 11.5 Å². The average molecular weight is 552 g/mol. The van der Waals surface area contributed by atoms with Gasteiger partial charge in [0.1, 0.15) is 12.4 Å². The quantitative estimate of drug-likeness (QED) is 0.356. The Morgan fingerprint density at radius 2 is 1.97 bits per heavy atom. The summed E-state index contributed by atoms with van der Waals surface area (Å²) in [4.78, 5) is 27.8. The maximum atomic E-state index is 12.7. The molecule has 0 saturated carbocycles. The lowest BCUT2D eigenvalue weighted by molar-refractivity contribution is -0.120. The van der Waals surface area contributed by atoms with Crippen molar-refractivity contribution in [3.63, 3.8) is 0 Å². The molecule has 10 heteroatoms. The Balaban J connectivity index is 0.00000289. The highest BCUT2D eigenvalue weighted by atomic mass is 127. The minimum atomic E-state index is 0. The van der Waals surface area contributed by atoms with Gasteiger partial charge < -0.3 is 20.0 Å². The topological polar surface area (TPSA) is 81.9 Å². The van der Waals surface area contributed by atoms with Crippen molar-refractivity contribution in [3.8, 4) is 0 Å². The molecule has 9 nitrogen and oxygen atoms in total. The molecule has 0 spiro atoms. The Kier molecular flexibility index (Phi) is 8.32. The number of carbonyl (C=O) groups excluding carboxylic acids is 1. The van der Waals surface area contributed by atoms with E-state index in [2.05, 4.69) is 44.3 Å². The van der Waals surface area contributed by atoms with Crippen LogP contribution in [0.15, 0.2) is 35.7 Å². The number of hydrogen-bond donors (Lipinski definition) is 1. The largest absolute Gasteiger partial charge is 0.357 e. The number of nitrogens with zero attached hydrogens (tertiary/aromatic N) is 7. The Hall–Kier alpha value is -2.37. The summed E-state index contributed by atoms with van der Waals surface area (Å²) in [6.45, 7) is 6.71. The SMILES string of the molecule is CN=C(NCc1ccc(N2CCC(C)CC2)nc1)N1CCN(c2cnn(C)c2)C(=O)C1.I. The number of hydrogen-bond acceptors (Lipinski definition) is 5. The number of rotatable bonds is 4. The zero-order valence-corrected chi connectivity index (χ0v) is 21.4. The van der Waals surface area contributed by atoms with E-state index in [4.69, 9.17) is 0 Å². The molecule has 0 aromatic carbocycles. The van der Waals surface area contributed by atoms with Crippen molar-refractivity contribution in [3.05, 3.63) is 36.3 Å². The number of pyridine rings is 1. The predicted octanol–water partition coefficient (Wildman–Crippen LogP) is 2.09. The van der Waals surface area contributed by atoms with Crippen LogP contribution in [-0.4, -0.2) is 71.3 Å². The monoisotopic (exact) mass is 552 g/mol. The fourth-order valence-electron chi connectivity index (χ4n) is 4.13. The van der Waals surface area contributed by atoms with Crippen molar-refractivity contribution in [2.24, 2.45) is 18.0 Å². The molecule has 0 atom stereocenters. The highest BCUT2D eigenvalue weighted by Crippen LogP contribution is 2.21. The van der Waals surface area contributed by atoms with Crippen LogP contribution in [0, 0.1) is 5.92 Å². The van der Waals surface area contributed by atoms with Crippen LogP contribution in [-0.2, 0) is 18.4 Å². The number of guanidine groups is 1. The summed E-state index contributed by atoms with van der Waals surface area (Å²) < 4.78 is 1.71. The van der Waals surface area contributed by atoms with E-state index in [9.17, 15) is 4.79 Å². The van der Waals surface area contributed by atoms with Gasteiger partial charge in [-0.3, -0.25) is 14.5 Å². The van der Waals surface area contributed by atoms with E-state index in [-0.39, 0.29) is 29.9 Å². The van der Waals surface area contributed by atoms with Crippen molar-refractivity contribution in [2.45, 2.75) is 26.3 Å². The number of piperidine rings is 1. The lowest BCUT2D eigenvalue weighted by Crippen LogP contribution is -2.55. The molecular formula is C22H33IN8O. The number of aromatic nitrogens is 3.